The molecule has 0 aliphatic rings. The van der Waals surface area contributed by atoms with E-state index < -0.39 is 0 Å². The summed E-state index contributed by atoms with van der Waals surface area (Å²) in [6, 6.07) is 6.01. The minimum atomic E-state index is -0.348. The Morgan fingerprint density at radius 1 is 1.14 bits per heavy atom. The number of carbonyl (C=O) groups excluding carboxylic acids is 1. The number of para-hydroxylation sites is 1. The molecule has 1 rings (SSSR count). The van der Waals surface area contributed by atoms with Crippen LogP contribution in [0.15, 0.2) is 18.2 Å². The molecule has 0 aliphatic heterocycles. The molecule has 0 heterocycles. The summed E-state index contributed by atoms with van der Waals surface area (Å²) in [6.07, 6.45) is 2.00. The van der Waals surface area contributed by atoms with Crippen molar-refractivity contribution in [1.82, 2.24) is 0 Å². The van der Waals surface area contributed by atoms with E-state index in [9.17, 15) is 4.79 Å². The van der Waals surface area contributed by atoms with Gasteiger partial charge in [-0.1, -0.05) is 45.9 Å². The number of hydrogen-bond acceptors (Lipinski definition) is 4. The van der Waals surface area contributed by atoms with E-state index in [4.69, 9.17) is 4.74 Å². The highest BCUT2D eigenvalue weighted by Crippen LogP contribution is 2.32. The van der Waals surface area contributed by atoms with Crippen molar-refractivity contribution in [3.63, 3.8) is 0 Å². The van der Waals surface area contributed by atoms with Gasteiger partial charge in [0.2, 0.25) is 0 Å². The van der Waals surface area contributed by atoms with E-state index in [0.717, 1.165) is 11.4 Å². The number of ether oxygens (including phenoxy) is 1. The Hall–Kier alpha value is -1.16. The Kier molecular flexibility index (Phi) is 7.80. The second-order valence-corrected chi connectivity index (χ2v) is 7.13. The molecule has 1 aromatic rings. The summed E-state index contributed by atoms with van der Waals surface area (Å²) in [5.74, 6) is 1.45. The molecule has 4 heteroatoms. The number of rotatable bonds is 8. The summed E-state index contributed by atoms with van der Waals surface area (Å²) in [5, 5.41) is 3.39. The van der Waals surface area contributed by atoms with Crippen molar-refractivity contribution >= 4 is 23.4 Å². The smallest absolute Gasteiger partial charge is 0.328 e. The van der Waals surface area contributed by atoms with Gasteiger partial charge in [0.1, 0.15) is 12.6 Å². The third-order valence-electron chi connectivity index (χ3n) is 3.62. The first-order valence-corrected chi connectivity index (χ1v) is 9.32. The summed E-state index contributed by atoms with van der Waals surface area (Å²) >= 11 is 1.67. The Morgan fingerprint density at radius 3 is 2.14 bits per heavy atom. The molecule has 0 saturated heterocycles. The maximum atomic E-state index is 12.1. The van der Waals surface area contributed by atoms with Gasteiger partial charge in [0.25, 0.3) is 0 Å². The molecule has 0 radical (unpaired) electrons. The van der Waals surface area contributed by atoms with Crippen molar-refractivity contribution < 1.29 is 9.53 Å². The summed E-state index contributed by atoms with van der Waals surface area (Å²) in [5.41, 5.74) is 3.58. The van der Waals surface area contributed by atoms with Gasteiger partial charge >= 0.3 is 5.97 Å². The predicted octanol–water partition coefficient (Wildman–Crippen LogP) is 4.64. The van der Waals surface area contributed by atoms with Gasteiger partial charge in [-0.05, 0) is 36.1 Å². The van der Waals surface area contributed by atoms with Crippen LogP contribution >= 0.6 is 11.8 Å². The van der Waals surface area contributed by atoms with E-state index in [-0.39, 0.29) is 12.0 Å². The Morgan fingerprint density at radius 2 is 1.68 bits per heavy atom. The number of benzene rings is 1. The fourth-order valence-electron chi connectivity index (χ4n) is 2.34. The molecule has 0 aromatic heterocycles. The summed E-state index contributed by atoms with van der Waals surface area (Å²) in [6.45, 7) is 11.0. The number of anilines is 1. The van der Waals surface area contributed by atoms with Gasteiger partial charge in [0.05, 0.1) is 0 Å². The van der Waals surface area contributed by atoms with Gasteiger partial charge in [-0.15, -0.1) is 0 Å². The molecular formula is C18H29NO2S. The lowest BCUT2D eigenvalue weighted by Gasteiger charge is -2.23. The first kappa shape index (κ1) is 18.9. The van der Waals surface area contributed by atoms with Crippen LogP contribution in [-0.4, -0.2) is 30.6 Å². The summed E-state index contributed by atoms with van der Waals surface area (Å²) in [4.78, 5) is 12.1. The predicted molar refractivity (Wildman–Crippen MR) is 97.0 cm³/mol. The molecule has 0 amide bonds. The lowest BCUT2D eigenvalue weighted by atomic mass is 9.92. The number of thioether (sulfide) groups is 1. The number of carbonyl (C=O) groups is 1. The standard InChI is InChI=1S/C18H29NO2S/c1-12(2)15-8-7-9-16(13(3)4)17(15)19-14(5)18(20)21-10-11-22-6/h7-9,12-14,19H,10-11H2,1-6H3/t14-/m0/s1. The Balaban J connectivity index is 2.92. The number of nitrogens with one attached hydrogen (secondary N) is 1. The lowest BCUT2D eigenvalue weighted by Crippen LogP contribution is -2.30. The zero-order valence-corrected chi connectivity index (χ0v) is 15.4. The topological polar surface area (TPSA) is 38.3 Å². The highest BCUT2D eigenvalue weighted by atomic mass is 32.2. The quantitative estimate of drug-likeness (QED) is 0.559. The molecule has 0 saturated carbocycles. The van der Waals surface area contributed by atoms with Gasteiger partial charge in [0, 0.05) is 11.4 Å². The summed E-state index contributed by atoms with van der Waals surface area (Å²) in [7, 11) is 0. The zero-order valence-electron chi connectivity index (χ0n) is 14.6. The van der Waals surface area contributed by atoms with Crippen LogP contribution in [0.2, 0.25) is 0 Å². The molecule has 124 valence electrons. The second-order valence-electron chi connectivity index (χ2n) is 6.15. The van der Waals surface area contributed by atoms with E-state index in [1.807, 2.05) is 13.2 Å². The third-order valence-corrected chi connectivity index (χ3v) is 4.19. The average Bonchev–Trinajstić information content (AvgIpc) is 2.46. The molecule has 3 nitrogen and oxygen atoms in total. The van der Waals surface area contributed by atoms with Crippen molar-refractivity contribution in [2.24, 2.45) is 0 Å². The van der Waals surface area contributed by atoms with Crippen molar-refractivity contribution in [3.8, 4) is 0 Å². The van der Waals surface area contributed by atoms with E-state index in [2.05, 4.69) is 51.2 Å². The fraction of sp³-hybridized carbons (Fsp3) is 0.611. The highest BCUT2D eigenvalue weighted by Gasteiger charge is 2.19. The summed E-state index contributed by atoms with van der Waals surface area (Å²) < 4.78 is 5.29. The molecule has 0 fully saturated rings. The molecule has 1 aromatic carbocycles. The molecule has 22 heavy (non-hydrogen) atoms. The first-order valence-electron chi connectivity index (χ1n) is 7.93. The van der Waals surface area contributed by atoms with Crippen LogP contribution in [-0.2, 0) is 9.53 Å². The van der Waals surface area contributed by atoms with Crippen LogP contribution in [0.3, 0.4) is 0 Å². The molecule has 1 atom stereocenters. The number of esters is 1. The van der Waals surface area contributed by atoms with Crippen LogP contribution < -0.4 is 5.32 Å². The SMILES string of the molecule is CSCCOC(=O)[C@H](C)Nc1c(C(C)C)cccc1C(C)C. The monoisotopic (exact) mass is 323 g/mol. The maximum Gasteiger partial charge on any atom is 0.328 e. The van der Waals surface area contributed by atoms with Gasteiger partial charge in [-0.2, -0.15) is 11.8 Å². The van der Waals surface area contributed by atoms with Gasteiger partial charge in [-0.25, -0.2) is 4.79 Å². The van der Waals surface area contributed by atoms with Crippen LogP contribution in [0.25, 0.3) is 0 Å². The molecule has 0 unspecified atom stereocenters. The molecule has 1 N–H and O–H groups in total. The van der Waals surface area contributed by atoms with E-state index in [1.54, 1.807) is 11.8 Å². The maximum absolute atomic E-state index is 12.1. The Bertz CT molecular complexity index is 460. The van der Waals surface area contributed by atoms with E-state index in [0.29, 0.717) is 18.4 Å². The second kappa shape index (κ2) is 9.09. The van der Waals surface area contributed by atoms with Crippen molar-refractivity contribution in [1.29, 1.82) is 0 Å². The molecule has 0 aliphatic carbocycles. The van der Waals surface area contributed by atoms with Crippen LogP contribution in [0.5, 0.6) is 0 Å². The zero-order chi connectivity index (χ0) is 16.7. The highest BCUT2D eigenvalue weighted by molar-refractivity contribution is 7.98. The Labute approximate surface area is 139 Å². The minimum absolute atomic E-state index is 0.192. The van der Waals surface area contributed by atoms with Crippen LogP contribution in [0.1, 0.15) is 57.6 Å². The molecule has 0 bridgehead atoms. The first-order chi connectivity index (χ1) is 10.4. The van der Waals surface area contributed by atoms with Crippen molar-refractivity contribution in [2.75, 3.05) is 23.9 Å². The third kappa shape index (κ3) is 5.24. The van der Waals surface area contributed by atoms with Crippen LogP contribution in [0, 0.1) is 0 Å². The molecular weight excluding hydrogens is 294 g/mol. The van der Waals surface area contributed by atoms with Gasteiger partial charge < -0.3 is 10.1 Å². The van der Waals surface area contributed by atoms with Gasteiger partial charge in [0.15, 0.2) is 0 Å². The lowest BCUT2D eigenvalue weighted by molar-refractivity contribution is -0.143. The minimum Gasteiger partial charge on any atom is -0.463 e. The van der Waals surface area contributed by atoms with Gasteiger partial charge in [-0.3, -0.25) is 0 Å². The largest absolute Gasteiger partial charge is 0.463 e. The van der Waals surface area contributed by atoms with E-state index in [1.165, 1.54) is 11.1 Å². The van der Waals surface area contributed by atoms with Crippen molar-refractivity contribution in [2.45, 2.75) is 52.5 Å². The average molecular weight is 324 g/mol. The van der Waals surface area contributed by atoms with Crippen molar-refractivity contribution in [3.05, 3.63) is 29.3 Å². The fourth-order valence-corrected chi connectivity index (χ4v) is 2.59. The van der Waals surface area contributed by atoms with E-state index >= 15 is 0 Å². The van der Waals surface area contributed by atoms with Crippen LogP contribution in [0.4, 0.5) is 5.69 Å². The number of hydrogen-bond donors (Lipinski definition) is 1. The molecule has 0 spiro atoms. The normalized spacial score (nSPS) is 12.5.